The second-order valence-electron chi connectivity index (χ2n) is 4.12. The van der Waals surface area contributed by atoms with Gasteiger partial charge in [0.05, 0.1) is 6.21 Å². The third kappa shape index (κ3) is 2.96. The first-order chi connectivity index (χ1) is 8.56. The van der Waals surface area contributed by atoms with Gasteiger partial charge in [-0.2, -0.15) is 5.10 Å². The molecule has 0 aliphatic heterocycles. The van der Waals surface area contributed by atoms with Crippen molar-refractivity contribution >= 4 is 22.1 Å². The summed E-state index contributed by atoms with van der Waals surface area (Å²) in [6.07, 6.45) is 1.68. The fraction of sp³-hybridized carbons (Fsp3) is 0.143. The third-order valence-electron chi connectivity index (χ3n) is 2.52. The van der Waals surface area contributed by atoms with E-state index in [4.69, 9.17) is 0 Å². The lowest BCUT2D eigenvalue weighted by atomic mass is 10.2. The van der Waals surface area contributed by atoms with Gasteiger partial charge in [0.1, 0.15) is 0 Å². The van der Waals surface area contributed by atoms with Gasteiger partial charge in [-0.3, -0.25) is 4.79 Å². The lowest BCUT2D eigenvalue weighted by Crippen LogP contribution is -2.18. The van der Waals surface area contributed by atoms with Crippen molar-refractivity contribution in [3.63, 3.8) is 0 Å². The van der Waals surface area contributed by atoms with Gasteiger partial charge in [0, 0.05) is 16.2 Å². The highest BCUT2D eigenvalue weighted by atomic mass is 79.9. The van der Waals surface area contributed by atoms with Gasteiger partial charge >= 0.3 is 0 Å². The molecule has 0 N–H and O–H groups in total. The number of aromatic nitrogens is 1. The van der Waals surface area contributed by atoms with Crippen molar-refractivity contribution in [1.29, 1.82) is 0 Å². The van der Waals surface area contributed by atoms with Crippen LogP contribution in [0.2, 0.25) is 0 Å². The molecule has 3 nitrogen and oxygen atoms in total. The van der Waals surface area contributed by atoms with Crippen LogP contribution in [-0.4, -0.2) is 10.9 Å². The van der Waals surface area contributed by atoms with Gasteiger partial charge in [-0.05, 0) is 43.2 Å². The van der Waals surface area contributed by atoms with Gasteiger partial charge < -0.3 is 0 Å². The molecule has 1 aromatic carbocycles. The maximum atomic E-state index is 11.8. The van der Waals surface area contributed by atoms with Crippen LogP contribution in [0.1, 0.15) is 16.8 Å². The predicted molar refractivity (Wildman–Crippen MR) is 77.3 cm³/mol. The smallest absolute Gasteiger partial charge is 0.267 e. The lowest BCUT2D eigenvalue weighted by molar-refractivity contribution is 0.791. The fourth-order valence-electron chi connectivity index (χ4n) is 1.68. The van der Waals surface area contributed by atoms with Crippen molar-refractivity contribution in [2.24, 2.45) is 5.10 Å². The first-order valence-electron chi connectivity index (χ1n) is 5.56. The molecule has 0 atom stereocenters. The van der Waals surface area contributed by atoms with Crippen molar-refractivity contribution in [3.8, 4) is 0 Å². The summed E-state index contributed by atoms with van der Waals surface area (Å²) in [5.74, 6) is 0. The summed E-state index contributed by atoms with van der Waals surface area (Å²) in [5.41, 5.74) is 2.62. The molecule has 2 rings (SSSR count). The summed E-state index contributed by atoms with van der Waals surface area (Å²) in [5, 5.41) is 4.21. The summed E-state index contributed by atoms with van der Waals surface area (Å²) in [7, 11) is 0. The van der Waals surface area contributed by atoms with Crippen LogP contribution in [0.15, 0.2) is 50.8 Å². The Bertz CT molecular complexity index is 642. The largest absolute Gasteiger partial charge is 0.271 e. The maximum absolute atomic E-state index is 11.8. The normalized spacial score (nSPS) is 11.1. The highest BCUT2D eigenvalue weighted by Crippen LogP contribution is 2.09. The quantitative estimate of drug-likeness (QED) is 0.785. The van der Waals surface area contributed by atoms with Crippen LogP contribution >= 0.6 is 15.9 Å². The summed E-state index contributed by atoms with van der Waals surface area (Å²) < 4.78 is 2.41. The first kappa shape index (κ1) is 12.8. The van der Waals surface area contributed by atoms with Crippen LogP contribution < -0.4 is 5.56 Å². The number of rotatable bonds is 2. The zero-order valence-electron chi connectivity index (χ0n) is 10.2. The molecule has 0 aliphatic rings. The average molecular weight is 305 g/mol. The molecule has 1 heterocycles. The predicted octanol–water partition coefficient (Wildman–Crippen LogP) is 3.11. The summed E-state index contributed by atoms with van der Waals surface area (Å²) >= 11 is 3.37. The van der Waals surface area contributed by atoms with Gasteiger partial charge in [0.2, 0.25) is 0 Å². The molecule has 0 bridgehead atoms. The number of hydrogen-bond acceptors (Lipinski definition) is 2. The number of aryl methyl sites for hydroxylation is 2. The molecular formula is C14H13BrN2O. The SMILES string of the molecule is Cc1cc(C)n(N=Cc2ccc(Br)cc2)c(=O)c1. The second kappa shape index (κ2) is 5.31. The minimum Gasteiger partial charge on any atom is -0.267 e. The van der Waals surface area contributed by atoms with E-state index in [0.717, 1.165) is 21.3 Å². The Labute approximate surface area is 114 Å². The molecule has 0 spiro atoms. The van der Waals surface area contributed by atoms with E-state index < -0.39 is 0 Å². The van der Waals surface area contributed by atoms with E-state index in [1.54, 1.807) is 12.3 Å². The Kier molecular flexibility index (Phi) is 3.77. The Morgan fingerprint density at radius 1 is 1.17 bits per heavy atom. The van der Waals surface area contributed by atoms with Crippen molar-refractivity contribution in [3.05, 3.63) is 68.0 Å². The van der Waals surface area contributed by atoms with Gasteiger partial charge in [-0.25, -0.2) is 4.68 Å². The zero-order chi connectivity index (χ0) is 13.1. The summed E-state index contributed by atoms with van der Waals surface area (Å²) in [6.45, 7) is 3.77. The Hall–Kier alpha value is -1.68. The van der Waals surface area contributed by atoms with E-state index in [1.807, 2.05) is 44.2 Å². The van der Waals surface area contributed by atoms with Crippen molar-refractivity contribution in [2.75, 3.05) is 0 Å². The third-order valence-corrected chi connectivity index (χ3v) is 3.05. The van der Waals surface area contributed by atoms with Crippen LogP contribution in [0, 0.1) is 13.8 Å². The molecule has 0 fully saturated rings. The minimum atomic E-state index is -0.110. The monoisotopic (exact) mass is 304 g/mol. The molecule has 0 aliphatic carbocycles. The van der Waals surface area contributed by atoms with Gasteiger partial charge in [0.25, 0.3) is 5.56 Å². The summed E-state index contributed by atoms with van der Waals surface area (Å²) in [6, 6.07) is 11.2. The Balaban J connectivity index is 2.35. The first-order valence-corrected chi connectivity index (χ1v) is 6.36. The molecule has 0 saturated carbocycles. The van der Waals surface area contributed by atoms with E-state index in [1.165, 1.54) is 4.68 Å². The lowest BCUT2D eigenvalue weighted by Gasteiger charge is -2.03. The van der Waals surface area contributed by atoms with Gasteiger partial charge in [0.15, 0.2) is 0 Å². The number of benzene rings is 1. The van der Waals surface area contributed by atoms with Gasteiger partial charge in [-0.15, -0.1) is 0 Å². The Morgan fingerprint density at radius 2 is 1.83 bits per heavy atom. The van der Waals surface area contributed by atoms with Gasteiger partial charge in [-0.1, -0.05) is 28.1 Å². The van der Waals surface area contributed by atoms with Crippen molar-refractivity contribution in [1.82, 2.24) is 4.68 Å². The van der Waals surface area contributed by atoms with Crippen LogP contribution in [-0.2, 0) is 0 Å². The molecule has 0 radical (unpaired) electrons. The van der Waals surface area contributed by atoms with Crippen molar-refractivity contribution < 1.29 is 0 Å². The number of halogens is 1. The van der Waals surface area contributed by atoms with E-state index in [0.29, 0.717) is 0 Å². The van der Waals surface area contributed by atoms with E-state index in [-0.39, 0.29) is 5.56 Å². The molecule has 0 unspecified atom stereocenters. The molecule has 4 heteroatoms. The van der Waals surface area contributed by atoms with Crippen LogP contribution in [0.5, 0.6) is 0 Å². The standard InChI is InChI=1S/C14H13BrN2O/c1-10-7-11(2)17(14(18)8-10)16-9-12-3-5-13(15)6-4-12/h3-9H,1-2H3. The van der Waals surface area contributed by atoms with Crippen LogP contribution in [0.3, 0.4) is 0 Å². The zero-order valence-corrected chi connectivity index (χ0v) is 11.8. The summed E-state index contributed by atoms with van der Waals surface area (Å²) in [4.78, 5) is 11.8. The molecule has 0 amide bonds. The molecule has 1 aromatic heterocycles. The molecule has 18 heavy (non-hydrogen) atoms. The molecule has 2 aromatic rings. The topological polar surface area (TPSA) is 34.4 Å². The second-order valence-corrected chi connectivity index (χ2v) is 5.04. The fourth-order valence-corrected chi connectivity index (χ4v) is 1.95. The van der Waals surface area contributed by atoms with E-state index >= 15 is 0 Å². The van der Waals surface area contributed by atoms with Crippen molar-refractivity contribution in [2.45, 2.75) is 13.8 Å². The van der Waals surface area contributed by atoms with E-state index in [9.17, 15) is 4.79 Å². The highest BCUT2D eigenvalue weighted by Gasteiger charge is 1.98. The highest BCUT2D eigenvalue weighted by molar-refractivity contribution is 9.10. The number of hydrogen-bond donors (Lipinski definition) is 0. The van der Waals surface area contributed by atoms with Crippen LogP contribution in [0.4, 0.5) is 0 Å². The molecular weight excluding hydrogens is 292 g/mol. The minimum absolute atomic E-state index is 0.110. The van der Waals surface area contributed by atoms with E-state index in [2.05, 4.69) is 21.0 Å². The number of pyridine rings is 1. The maximum Gasteiger partial charge on any atom is 0.271 e. The van der Waals surface area contributed by atoms with Crippen LogP contribution in [0.25, 0.3) is 0 Å². The number of nitrogens with zero attached hydrogens (tertiary/aromatic N) is 2. The Morgan fingerprint density at radius 3 is 2.44 bits per heavy atom. The molecule has 92 valence electrons. The molecule has 0 saturated heterocycles. The average Bonchev–Trinajstić information content (AvgIpc) is 2.30.